The number of hydrogen-bond acceptors (Lipinski definition) is 5. The summed E-state index contributed by atoms with van der Waals surface area (Å²) in [4.78, 5) is 25.0. The monoisotopic (exact) mass is 315 g/mol. The van der Waals surface area contributed by atoms with Gasteiger partial charge in [-0.15, -0.1) is 0 Å². The van der Waals surface area contributed by atoms with Crippen LogP contribution in [-0.4, -0.2) is 36.3 Å². The van der Waals surface area contributed by atoms with E-state index in [1.165, 1.54) is 0 Å². The largest absolute Gasteiger partial charge is 0.491 e. The smallest absolute Gasteiger partial charge is 0.418 e. The number of imide groups is 1. The molecule has 0 aliphatic carbocycles. The van der Waals surface area contributed by atoms with Crippen LogP contribution in [-0.2, 0) is 4.74 Å². The number of nitrogens with one attached hydrogen (secondary N) is 1. The van der Waals surface area contributed by atoms with Crippen molar-refractivity contribution < 1.29 is 19.1 Å². The van der Waals surface area contributed by atoms with Crippen LogP contribution in [0.5, 0.6) is 5.75 Å². The van der Waals surface area contributed by atoms with Gasteiger partial charge in [0.05, 0.1) is 18.2 Å². The highest BCUT2D eigenvalue weighted by Gasteiger charge is 2.39. The third-order valence-corrected chi connectivity index (χ3v) is 3.30. The second kappa shape index (κ2) is 7.31. The van der Waals surface area contributed by atoms with Gasteiger partial charge in [0, 0.05) is 5.70 Å². The van der Waals surface area contributed by atoms with Crippen molar-refractivity contribution in [1.29, 1.82) is 5.26 Å². The maximum atomic E-state index is 12.1. The van der Waals surface area contributed by atoms with E-state index in [-0.39, 0.29) is 18.8 Å². The Balaban J connectivity index is 2.27. The lowest BCUT2D eigenvalue weighted by Gasteiger charge is -2.33. The quantitative estimate of drug-likeness (QED) is 0.921. The van der Waals surface area contributed by atoms with Crippen molar-refractivity contribution in [2.24, 2.45) is 0 Å². The van der Waals surface area contributed by atoms with Gasteiger partial charge in [-0.3, -0.25) is 0 Å². The fourth-order valence-corrected chi connectivity index (χ4v) is 2.22. The van der Waals surface area contributed by atoms with Gasteiger partial charge in [-0.2, -0.15) is 5.26 Å². The van der Waals surface area contributed by atoms with Gasteiger partial charge in [0.1, 0.15) is 18.4 Å². The van der Waals surface area contributed by atoms with Gasteiger partial charge < -0.3 is 14.8 Å². The van der Waals surface area contributed by atoms with Gasteiger partial charge in [-0.05, 0) is 26.0 Å². The van der Waals surface area contributed by atoms with E-state index in [1.54, 1.807) is 38.1 Å². The van der Waals surface area contributed by atoms with Crippen LogP contribution in [0.15, 0.2) is 41.6 Å². The van der Waals surface area contributed by atoms with E-state index in [4.69, 9.17) is 9.47 Å². The number of nitrogens with zero attached hydrogens (tertiary/aromatic N) is 2. The van der Waals surface area contributed by atoms with Crippen LogP contribution in [0.4, 0.5) is 9.59 Å². The molecule has 1 unspecified atom stereocenters. The Morgan fingerprint density at radius 2 is 2.09 bits per heavy atom. The lowest BCUT2D eigenvalue weighted by Crippen LogP contribution is -2.56. The lowest BCUT2D eigenvalue weighted by molar-refractivity contribution is 0.0941. The fourth-order valence-electron chi connectivity index (χ4n) is 2.22. The summed E-state index contributed by atoms with van der Waals surface area (Å²) in [6, 6.07) is 9.50. The van der Waals surface area contributed by atoms with Gasteiger partial charge in [0.15, 0.2) is 0 Å². The van der Waals surface area contributed by atoms with E-state index in [0.29, 0.717) is 11.4 Å². The Kier molecular flexibility index (Phi) is 5.20. The molecule has 0 aromatic heterocycles. The van der Waals surface area contributed by atoms with E-state index in [0.717, 1.165) is 4.90 Å². The number of rotatable bonds is 4. The van der Waals surface area contributed by atoms with Crippen LogP contribution < -0.4 is 10.1 Å². The molecule has 0 saturated heterocycles. The first kappa shape index (κ1) is 16.4. The number of allylic oxidation sites excluding steroid dienone is 1. The molecule has 3 amide bonds. The molecule has 0 spiro atoms. The van der Waals surface area contributed by atoms with E-state index in [2.05, 4.69) is 5.32 Å². The van der Waals surface area contributed by atoms with Crippen molar-refractivity contribution in [1.82, 2.24) is 10.2 Å². The van der Waals surface area contributed by atoms with Crippen LogP contribution >= 0.6 is 0 Å². The molecular weight excluding hydrogens is 298 g/mol. The highest BCUT2D eigenvalue weighted by molar-refractivity contribution is 5.94. The first-order valence-electron chi connectivity index (χ1n) is 7.14. The molecule has 120 valence electrons. The standard InChI is InChI=1S/C16H17N3O4/c1-3-22-16(21)19-14(10-23-12-7-5-4-6-8-12)13(9-17)11(2)18-15(19)20/h4-8,14H,3,10H2,1-2H3,(H,18,20). The van der Waals surface area contributed by atoms with Crippen LogP contribution in [0.25, 0.3) is 0 Å². The Hall–Kier alpha value is -3.01. The topological polar surface area (TPSA) is 91.7 Å². The summed E-state index contributed by atoms with van der Waals surface area (Å²) in [6.07, 6.45) is -0.813. The maximum absolute atomic E-state index is 12.1. The Labute approximate surface area is 134 Å². The molecule has 2 rings (SSSR count). The molecular formula is C16H17N3O4. The van der Waals surface area contributed by atoms with Crippen molar-refractivity contribution in [2.45, 2.75) is 19.9 Å². The number of nitriles is 1. The molecule has 1 aliphatic heterocycles. The molecule has 1 N–H and O–H groups in total. The molecule has 7 heteroatoms. The predicted molar refractivity (Wildman–Crippen MR) is 81.4 cm³/mol. The molecule has 1 aromatic carbocycles. The summed E-state index contributed by atoms with van der Waals surface area (Å²) in [5.41, 5.74) is 0.660. The summed E-state index contributed by atoms with van der Waals surface area (Å²) in [5.74, 6) is 0.581. The molecule has 1 aromatic rings. The summed E-state index contributed by atoms with van der Waals surface area (Å²) < 4.78 is 10.5. The zero-order valence-electron chi connectivity index (χ0n) is 12.9. The highest BCUT2D eigenvalue weighted by Crippen LogP contribution is 2.21. The molecule has 0 radical (unpaired) electrons. The summed E-state index contributed by atoms with van der Waals surface area (Å²) >= 11 is 0. The number of hydrogen-bond donors (Lipinski definition) is 1. The van der Waals surface area contributed by atoms with Crippen LogP contribution in [0, 0.1) is 11.3 Å². The molecule has 1 atom stereocenters. The Morgan fingerprint density at radius 3 is 2.70 bits per heavy atom. The number of carbonyl (C=O) groups excluding carboxylic acids is 2. The van der Waals surface area contributed by atoms with Crippen molar-refractivity contribution in [2.75, 3.05) is 13.2 Å². The maximum Gasteiger partial charge on any atom is 0.418 e. The number of benzene rings is 1. The minimum absolute atomic E-state index is 0.0313. The molecule has 0 bridgehead atoms. The number of para-hydroxylation sites is 1. The lowest BCUT2D eigenvalue weighted by atomic mass is 10.0. The Bertz CT molecular complexity index is 664. The van der Waals surface area contributed by atoms with Crippen LogP contribution in [0.1, 0.15) is 13.8 Å². The number of ether oxygens (including phenoxy) is 2. The van der Waals surface area contributed by atoms with E-state index in [1.807, 2.05) is 12.1 Å². The first-order valence-corrected chi connectivity index (χ1v) is 7.14. The molecule has 7 nitrogen and oxygen atoms in total. The number of carbonyl (C=O) groups is 2. The summed E-state index contributed by atoms with van der Waals surface area (Å²) in [5, 5.41) is 11.8. The number of urea groups is 1. The van der Waals surface area contributed by atoms with Crippen LogP contribution in [0.2, 0.25) is 0 Å². The molecule has 23 heavy (non-hydrogen) atoms. The molecule has 0 saturated carbocycles. The highest BCUT2D eigenvalue weighted by atomic mass is 16.6. The molecule has 1 aliphatic rings. The minimum Gasteiger partial charge on any atom is -0.491 e. The molecule has 1 heterocycles. The van der Waals surface area contributed by atoms with Crippen molar-refractivity contribution in [3.63, 3.8) is 0 Å². The third-order valence-electron chi connectivity index (χ3n) is 3.30. The predicted octanol–water partition coefficient (Wildman–Crippen LogP) is 2.41. The second-order valence-electron chi connectivity index (χ2n) is 4.79. The van der Waals surface area contributed by atoms with Gasteiger partial charge >= 0.3 is 12.1 Å². The zero-order valence-corrected chi connectivity index (χ0v) is 12.9. The third kappa shape index (κ3) is 3.61. The van der Waals surface area contributed by atoms with Crippen molar-refractivity contribution in [3.8, 4) is 11.8 Å². The average Bonchev–Trinajstić information content (AvgIpc) is 2.53. The summed E-state index contributed by atoms with van der Waals surface area (Å²) in [6.45, 7) is 3.34. The van der Waals surface area contributed by atoms with Crippen LogP contribution in [0.3, 0.4) is 0 Å². The van der Waals surface area contributed by atoms with E-state index in [9.17, 15) is 14.9 Å². The van der Waals surface area contributed by atoms with E-state index < -0.39 is 18.2 Å². The van der Waals surface area contributed by atoms with Gasteiger partial charge in [-0.1, -0.05) is 18.2 Å². The zero-order chi connectivity index (χ0) is 16.8. The normalized spacial score (nSPS) is 17.3. The molecule has 0 fully saturated rings. The van der Waals surface area contributed by atoms with E-state index >= 15 is 0 Å². The van der Waals surface area contributed by atoms with Gasteiger partial charge in [-0.25, -0.2) is 14.5 Å². The average molecular weight is 315 g/mol. The van der Waals surface area contributed by atoms with Crippen molar-refractivity contribution >= 4 is 12.1 Å². The SMILES string of the molecule is CCOC(=O)N1C(=O)NC(C)=C(C#N)C1COc1ccccc1. The summed E-state index contributed by atoms with van der Waals surface area (Å²) in [7, 11) is 0. The van der Waals surface area contributed by atoms with Gasteiger partial charge in [0.2, 0.25) is 0 Å². The van der Waals surface area contributed by atoms with Gasteiger partial charge in [0.25, 0.3) is 0 Å². The fraction of sp³-hybridized carbons (Fsp3) is 0.312. The second-order valence-corrected chi connectivity index (χ2v) is 4.79. The first-order chi connectivity index (χ1) is 11.1. The Morgan fingerprint density at radius 1 is 1.39 bits per heavy atom. The number of amides is 3. The minimum atomic E-state index is -0.840. The van der Waals surface area contributed by atoms with Crippen molar-refractivity contribution in [3.05, 3.63) is 41.6 Å².